The maximum absolute atomic E-state index is 14.3. The van der Waals surface area contributed by atoms with E-state index in [4.69, 9.17) is 9.47 Å². The topological polar surface area (TPSA) is 127 Å². The van der Waals surface area contributed by atoms with Gasteiger partial charge in [0.05, 0.1) is 11.6 Å². The van der Waals surface area contributed by atoms with Crippen molar-refractivity contribution < 1.29 is 37.7 Å². The summed E-state index contributed by atoms with van der Waals surface area (Å²) in [6.45, 7) is 5.23. The number of ether oxygens (including phenoxy) is 2. The molecule has 0 unspecified atom stereocenters. The summed E-state index contributed by atoms with van der Waals surface area (Å²) >= 11 is 0. The lowest BCUT2D eigenvalue weighted by Crippen LogP contribution is -2.47. The van der Waals surface area contributed by atoms with Crippen molar-refractivity contribution >= 4 is 29.1 Å². The van der Waals surface area contributed by atoms with Crippen LogP contribution in [0.5, 0.6) is 0 Å². The monoisotopic (exact) mass is 607 g/mol. The van der Waals surface area contributed by atoms with E-state index in [1.807, 2.05) is 6.07 Å². The van der Waals surface area contributed by atoms with E-state index in [-0.39, 0.29) is 42.2 Å². The van der Waals surface area contributed by atoms with Gasteiger partial charge in [0.1, 0.15) is 29.5 Å². The van der Waals surface area contributed by atoms with Crippen LogP contribution in [-0.2, 0) is 16.1 Å². The highest BCUT2D eigenvalue weighted by Crippen LogP contribution is 2.39. The van der Waals surface area contributed by atoms with Gasteiger partial charge >= 0.3 is 18.2 Å². The van der Waals surface area contributed by atoms with Gasteiger partial charge in [0.15, 0.2) is 11.6 Å². The Morgan fingerprint density at radius 3 is 2.39 bits per heavy atom. The van der Waals surface area contributed by atoms with Gasteiger partial charge in [-0.2, -0.15) is 0 Å². The molecule has 1 aliphatic heterocycles. The second kappa shape index (κ2) is 12.0. The number of nitrogens with zero attached hydrogens (tertiary/aromatic N) is 2. The number of aromatic nitrogens is 1. The number of carboxylic acids is 1. The summed E-state index contributed by atoms with van der Waals surface area (Å²) in [7, 11) is 0. The summed E-state index contributed by atoms with van der Waals surface area (Å²) < 4.78 is 40.8. The van der Waals surface area contributed by atoms with Gasteiger partial charge in [-0.05, 0) is 57.6 Å². The predicted molar refractivity (Wildman–Crippen MR) is 155 cm³/mol. The Hall–Kier alpha value is -4.92. The van der Waals surface area contributed by atoms with Gasteiger partial charge in [0.2, 0.25) is 5.43 Å². The summed E-state index contributed by atoms with van der Waals surface area (Å²) in [5.74, 6) is 1.61. The number of halogens is 2. The molecule has 44 heavy (non-hydrogen) atoms. The molecule has 12 heteroatoms. The number of aromatic carboxylic acids is 1. The van der Waals surface area contributed by atoms with E-state index >= 15 is 0 Å². The average Bonchev–Trinajstić information content (AvgIpc) is 3.71. The average molecular weight is 608 g/mol. The quantitative estimate of drug-likeness (QED) is 0.392. The van der Waals surface area contributed by atoms with Crippen LogP contribution in [0.15, 0.2) is 47.3 Å². The van der Waals surface area contributed by atoms with E-state index in [1.165, 1.54) is 9.47 Å². The van der Waals surface area contributed by atoms with Crippen molar-refractivity contribution in [2.75, 3.05) is 6.54 Å². The van der Waals surface area contributed by atoms with E-state index in [0.717, 1.165) is 11.6 Å². The van der Waals surface area contributed by atoms with Gasteiger partial charge < -0.3 is 24.5 Å². The fraction of sp³-hybridized carbons (Fsp3) is 0.375. The summed E-state index contributed by atoms with van der Waals surface area (Å²) in [5.41, 5.74) is -1.94. The lowest BCUT2D eigenvalue weighted by Gasteiger charge is -2.26. The van der Waals surface area contributed by atoms with Crippen molar-refractivity contribution in [1.29, 1.82) is 0 Å². The first-order valence-electron chi connectivity index (χ1n) is 14.1. The van der Waals surface area contributed by atoms with Crippen molar-refractivity contribution in [2.24, 2.45) is 0 Å². The molecule has 2 heterocycles. The Bertz CT molecular complexity index is 1750. The van der Waals surface area contributed by atoms with E-state index in [1.54, 1.807) is 45.0 Å². The molecule has 0 spiro atoms. The van der Waals surface area contributed by atoms with Crippen molar-refractivity contribution in [3.05, 3.63) is 81.1 Å². The molecule has 2 amide bonds. The molecular weight excluding hydrogens is 576 g/mol. The number of carbonyl (C=O) groups is 3. The molecule has 2 aliphatic rings. The van der Waals surface area contributed by atoms with Gasteiger partial charge in [-0.3, -0.25) is 9.69 Å². The molecule has 10 nitrogen and oxygen atoms in total. The lowest BCUT2D eigenvalue weighted by atomic mass is 10.0. The highest BCUT2D eigenvalue weighted by atomic mass is 19.2. The molecule has 2 fully saturated rings. The zero-order chi connectivity index (χ0) is 31.8. The zero-order valence-corrected chi connectivity index (χ0v) is 24.4. The number of hydrogen-bond donors (Lipinski definition) is 2. The van der Waals surface area contributed by atoms with Crippen LogP contribution in [-0.4, -0.2) is 57.0 Å². The Kier molecular flexibility index (Phi) is 8.32. The molecule has 230 valence electrons. The minimum absolute atomic E-state index is 0.0136. The van der Waals surface area contributed by atoms with Crippen molar-refractivity contribution in [2.45, 2.75) is 70.4 Å². The van der Waals surface area contributed by atoms with E-state index < -0.39 is 58.5 Å². The zero-order valence-electron chi connectivity index (χ0n) is 24.4. The number of alkyl carbamates (subject to hydrolysis) is 1. The molecular formula is C32H31F2N3O7. The number of fused-ring (bicyclic) bond motifs is 1. The largest absolute Gasteiger partial charge is 0.477 e. The van der Waals surface area contributed by atoms with Crippen LogP contribution in [0.1, 0.15) is 67.7 Å². The van der Waals surface area contributed by atoms with E-state index in [2.05, 4.69) is 17.2 Å². The minimum Gasteiger partial charge on any atom is -0.477 e. The van der Waals surface area contributed by atoms with Crippen LogP contribution in [0.25, 0.3) is 10.9 Å². The number of nitrogens with one attached hydrogen (secondary N) is 1. The molecule has 5 rings (SSSR count). The molecule has 0 radical (unpaired) electrons. The maximum Gasteiger partial charge on any atom is 0.411 e. The molecule has 3 aromatic rings. The number of hydrogen-bond acceptors (Lipinski definition) is 6. The van der Waals surface area contributed by atoms with Crippen molar-refractivity contribution in [3.8, 4) is 11.8 Å². The number of likely N-dealkylation sites (tertiary alicyclic amines) is 1. The highest BCUT2D eigenvalue weighted by Gasteiger charge is 2.39. The number of amides is 2. The summed E-state index contributed by atoms with van der Waals surface area (Å²) in [6.07, 6.45) is 0.0422. The molecule has 2 N–H and O–H groups in total. The third-order valence-corrected chi connectivity index (χ3v) is 7.25. The van der Waals surface area contributed by atoms with Gasteiger partial charge in [-0.15, -0.1) is 0 Å². The predicted octanol–water partition coefficient (Wildman–Crippen LogP) is 4.97. The van der Waals surface area contributed by atoms with Crippen LogP contribution in [0.2, 0.25) is 0 Å². The van der Waals surface area contributed by atoms with Gasteiger partial charge in [-0.1, -0.05) is 36.3 Å². The Morgan fingerprint density at radius 1 is 1.07 bits per heavy atom. The SMILES string of the molecule is CC(C)(C)OC(=O)N[C@@H]1CCN(C(=O)OCc2ccccc2)[C@H]1C#Cc1c(C(=O)O)c(=O)c2cc(F)c(F)cc2n1C1CC1. The third-order valence-electron chi connectivity index (χ3n) is 7.25. The first-order chi connectivity index (χ1) is 20.8. The molecule has 1 saturated heterocycles. The van der Waals surface area contributed by atoms with Crippen molar-refractivity contribution in [1.82, 2.24) is 14.8 Å². The van der Waals surface area contributed by atoms with Crippen LogP contribution in [0.3, 0.4) is 0 Å². The number of carbonyl (C=O) groups excluding carboxylic acids is 2. The highest BCUT2D eigenvalue weighted by molar-refractivity contribution is 5.95. The maximum atomic E-state index is 14.3. The summed E-state index contributed by atoms with van der Waals surface area (Å²) in [4.78, 5) is 52.8. The third kappa shape index (κ3) is 6.51. The van der Waals surface area contributed by atoms with Crippen molar-refractivity contribution in [3.63, 3.8) is 0 Å². The number of rotatable bonds is 5. The fourth-order valence-corrected chi connectivity index (χ4v) is 5.16. The molecule has 0 bridgehead atoms. The molecule has 2 aromatic carbocycles. The summed E-state index contributed by atoms with van der Waals surface area (Å²) in [6, 6.07) is 8.54. The van der Waals surface area contributed by atoms with E-state index in [9.17, 15) is 33.1 Å². The van der Waals surface area contributed by atoms with Gasteiger partial charge in [0, 0.05) is 24.0 Å². The van der Waals surface area contributed by atoms with Gasteiger partial charge in [0.25, 0.3) is 0 Å². The number of carboxylic acid groups (broad SMARTS) is 1. The molecule has 1 aromatic heterocycles. The smallest absolute Gasteiger partial charge is 0.411 e. The summed E-state index contributed by atoms with van der Waals surface area (Å²) in [5, 5.41) is 12.5. The molecule has 1 aliphatic carbocycles. The molecule has 1 saturated carbocycles. The normalized spacial score (nSPS) is 18.0. The van der Waals surface area contributed by atoms with Gasteiger partial charge in [-0.25, -0.2) is 23.2 Å². The first-order valence-corrected chi connectivity index (χ1v) is 14.1. The fourth-order valence-electron chi connectivity index (χ4n) is 5.16. The first kappa shape index (κ1) is 30.5. The van der Waals surface area contributed by atoms with E-state index in [0.29, 0.717) is 18.9 Å². The second-order valence-electron chi connectivity index (χ2n) is 11.7. The minimum atomic E-state index is -1.59. The Morgan fingerprint density at radius 2 is 1.75 bits per heavy atom. The van der Waals surface area contributed by atoms with Crippen LogP contribution >= 0.6 is 0 Å². The number of pyridine rings is 1. The van der Waals surface area contributed by atoms with Crippen LogP contribution in [0.4, 0.5) is 18.4 Å². The van der Waals surface area contributed by atoms with Crippen LogP contribution in [0, 0.1) is 23.5 Å². The Balaban J connectivity index is 1.57. The van der Waals surface area contributed by atoms with Crippen LogP contribution < -0.4 is 10.7 Å². The lowest BCUT2D eigenvalue weighted by molar-refractivity contribution is 0.0493. The molecule has 2 atom stereocenters. The number of benzene rings is 2. The second-order valence-corrected chi connectivity index (χ2v) is 11.7. The Labute approximate surface area is 251 Å². The standard InChI is InChI=1S/C32H31F2N3O7/c1-32(2,3)44-30(41)35-23-13-14-36(31(42)43-17-18-7-5-4-6-8-18)24(23)11-12-25-27(29(39)40)28(38)20-15-21(33)22(34)16-26(20)37(25)19-9-10-19/h4-8,15-16,19,23-24H,9-10,13-14,17H2,1-3H3,(H,35,41)(H,39,40)/t23-,24+/m1/s1.